The average Bonchev–Trinajstić information content (AvgIpc) is 2.99. The van der Waals surface area contributed by atoms with E-state index in [1.54, 1.807) is 12.1 Å². The van der Waals surface area contributed by atoms with Crippen molar-refractivity contribution in [3.05, 3.63) is 101 Å². The Bertz CT molecular complexity index is 1150. The largest absolute Gasteiger partial charge is 0.350 e. The van der Waals surface area contributed by atoms with E-state index in [0.717, 1.165) is 28.8 Å². The summed E-state index contributed by atoms with van der Waals surface area (Å²) in [6, 6.07) is 22.9. The van der Waals surface area contributed by atoms with Crippen LogP contribution in [0.25, 0.3) is 5.57 Å². The van der Waals surface area contributed by atoms with Gasteiger partial charge in [0.15, 0.2) is 0 Å². The predicted molar refractivity (Wildman–Crippen MR) is 121 cm³/mol. The summed E-state index contributed by atoms with van der Waals surface area (Å²) in [5, 5.41) is 3.23. The van der Waals surface area contributed by atoms with Gasteiger partial charge < -0.3 is 5.32 Å². The number of hydrogen-bond donors (Lipinski definition) is 1. The van der Waals surface area contributed by atoms with E-state index in [4.69, 9.17) is 0 Å². The van der Waals surface area contributed by atoms with Crippen LogP contribution in [0.15, 0.2) is 78.5 Å². The van der Waals surface area contributed by atoms with E-state index < -0.39 is 0 Å². The van der Waals surface area contributed by atoms with E-state index >= 15 is 0 Å². The van der Waals surface area contributed by atoms with Crippen molar-refractivity contribution in [2.24, 2.45) is 0 Å². The van der Waals surface area contributed by atoms with Crippen molar-refractivity contribution in [1.82, 2.24) is 0 Å². The van der Waals surface area contributed by atoms with Crippen LogP contribution < -0.4 is 10.2 Å². The van der Waals surface area contributed by atoms with Crippen LogP contribution in [0, 0.1) is 13.8 Å². The second-order valence-electron chi connectivity index (χ2n) is 7.53. The van der Waals surface area contributed by atoms with Crippen molar-refractivity contribution in [1.29, 1.82) is 0 Å². The molecule has 0 aromatic heterocycles. The fourth-order valence-electron chi connectivity index (χ4n) is 3.77. The Kier molecular flexibility index (Phi) is 5.23. The quantitative estimate of drug-likeness (QED) is 0.598. The summed E-state index contributed by atoms with van der Waals surface area (Å²) in [7, 11) is 0. The summed E-state index contributed by atoms with van der Waals surface area (Å²) in [4.78, 5) is 28.1. The molecule has 3 aromatic carbocycles. The van der Waals surface area contributed by atoms with Crippen molar-refractivity contribution in [3.8, 4) is 0 Å². The molecule has 0 bridgehead atoms. The fourth-order valence-corrected chi connectivity index (χ4v) is 3.77. The maximum absolute atomic E-state index is 13.5. The summed E-state index contributed by atoms with van der Waals surface area (Å²) in [6.07, 6.45) is 0.940. The highest BCUT2D eigenvalue weighted by molar-refractivity contribution is 6.46. The van der Waals surface area contributed by atoms with Gasteiger partial charge in [-0.2, -0.15) is 0 Å². The number of hydrogen-bond acceptors (Lipinski definition) is 3. The number of para-hydroxylation sites is 1. The van der Waals surface area contributed by atoms with Gasteiger partial charge in [0.25, 0.3) is 11.8 Å². The summed E-state index contributed by atoms with van der Waals surface area (Å²) in [5.74, 6) is -0.661. The molecule has 0 spiro atoms. The van der Waals surface area contributed by atoms with Gasteiger partial charge in [-0.3, -0.25) is 9.59 Å². The third kappa shape index (κ3) is 3.52. The van der Waals surface area contributed by atoms with Crippen LogP contribution in [0.1, 0.15) is 29.2 Å². The minimum atomic E-state index is -0.347. The molecule has 0 unspecified atom stereocenters. The van der Waals surface area contributed by atoms with Crippen molar-refractivity contribution < 1.29 is 9.59 Å². The maximum atomic E-state index is 13.5. The third-order valence-corrected chi connectivity index (χ3v) is 5.38. The van der Waals surface area contributed by atoms with Crippen LogP contribution in [-0.2, 0) is 16.0 Å². The lowest BCUT2D eigenvalue weighted by Gasteiger charge is -2.15. The Morgan fingerprint density at radius 1 is 0.833 bits per heavy atom. The minimum Gasteiger partial charge on any atom is -0.350 e. The standard InChI is InChI=1S/C26H24N2O2/c1-4-19-11-13-20(14-12-19)27-24-23(22-15-10-17(2)16-18(22)3)25(29)28(26(24)30)21-8-6-5-7-9-21/h5-16,27H,4H2,1-3H3. The molecule has 3 aromatic rings. The van der Waals surface area contributed by atoms with E-state index in [0.29, 0.717) is 17.0 Å². The lowest BCUT2D eigenvalue weighted by Crippen LogP contribution is -2.32. The average molecular weight is 396 g/mol. The van der Waals surface area contributed by atoms with Crippen molar-refractivity contribution in [2.45, 2.75) is 27.2 Å². The molecule has 1 N–H and O–H groups in total. The minimum absolute atomic E-state index is 0.306. The zero-order valence-corrected chi connectivity index (χ0v) is 17.4. The number of nitrogens with one attached hydrogen (secondary N) is 1. The van der Waals surface area contributed by atoms with Gasteiger partial charge in [-0.05, 0) is 61.2 Å². The zero-order valence-electron chi connectivity index (χ0n) is 17.4. The van der Waals surface area contributed by atoms with E-state index in [2.05, 4.69) is 12.2 Å². The highest BCUT2D eigenvalue weighted by Gasteiger charge is 2.40. The summed E-state index contributed by atoms with van der Waals surface area (Å²) in [6.45, 7) is 6.07. The Morgan fingerprint density at radius 3 is 2.17 bits per heavy atom. The first-order valence-electron chi connectivity index (χ1n) is 10.1. The lowest BCUT2D eigenvalue weighted by atomic mass is 9.97. The Hall–Kier alpha value is -3.66. The normalized spacial score (nSPS) is 13.9. The molecule has 1 heterocycles. The molecule has 4 rings (SSSR count). The molecule has 2 amide bonds. The molecule has 30 heavy (non-hydrogen) atoms. The highest BCUT2D eigenvalue weighted by Crippen LogP contribution is 2.35. The number of rotatable bonds is 5. The van der Waals surface area contributed by atoms with Gasteiger partial charge >= 0.3 is 0 Å². The number of aryl methyl sites for hydroxylation is 3. The first-order chi connectivity index (χ1) is 14.5. The molecule has 150 valence electrons. The van der Waals surface area contributed by atoms with Crippen LogP contribution in [0.5, 0.6) is 0 Å². The number of benzene rings is 3. The molecular weight excluding hydrogens is 372 g/mol. The Balaban J connectivity index is 1.83. The number of carbonyl (C=O) groups is 2. The van der Waals surface area contributed by atoms with Crippen molar-refractivity contribution >= 4 is 28.8 Å². The number of carbonyl (C=O) groups excluding carboxylic acids is 2. The monoisotopic (exact) mass is 396 g/mol. The van der Waals surface area contributed by atoms with Crippen LogP contribution >= 0.6 is 0 Å². The van der Waals surface area contributed by atoms with E-state index in [-0.39, 0.29) is 11.8 Å². The highest BCUT2D eigenvalue weighted by atomic mass is 16.2. The summed E-state index contributed by atoms with van der Waals surface area (Å²) in [5.41, 5.74) is 6.10. The molecule has 4 heteroatoms. The second-order valence-corrected chi connectivity index (χ2v) is 7.53. The molecule has 0 fully saturated rings. The van der Waals surface area contributed by atoms with Gasteiger partial charge in [0.2, 0.25) is 0 Å². The number of anilines is 2. The molecule has 0 radical (unpaired) electrons. The van der Waals surface area contributed by atoms with E-state index in [9.17, 15) is 9.59 Å². The number of imide groups is 1. The second kappa shape index (κ2) is 7.99. The van der Waals surface area contributed by atoms with Crippen molar-refractivity contribution in [2.75, 3.05) is 10.2 Å². The molecule has 0 atom stereocenters. The molecule has 4 nitrogen and oxygen atoms in total. The smallest absolute Gasteiger partial charge is 0.282 e. The molecule has 1 aliphatic heterocycles. The van der Waals surface area contributed by atoms with Crippen LogP contribution in [-0.4, -0.2) is 11.8 Å². The first-order valence-corrected chi connectivity index (χ1v) is 10.1. The SMILES string of the molecule is CCc1ccc(NC2=C(c3ccc(C)cc3C)C(=O)N(c3ccccc3)C2=O)cc1. The maximum Gasteiger partial charge on any atom is 0.282 e. The predicted octanol–water partition coefficient (Wildman–Crippen LogP) is 5.26. The summed E-state index contributed by atoms with van der Waals surface area (Å²) >= 11 is 0. The molecule has 0 saturated carbocycles. The van der Waals surface area contributed by atoms with Gasteiger partial charge in [0, 0.05) is 5.69 Å². The first kappa shape index (κ1) is 19.6. The van der Waals surface area contributed by atoms with Crippen molar-refractivity contribution in [3.63, 3.8) is 0 Å². The molecule has 0 aliphatic carbocycles. The Morgan fingerprint density at radius 2 is 1.53 bits per heavy atom. The molecule has 1 aliphatic rings. The third-order valence-electron chi connectivity index (χ3n) is 5.38. The van der Waals surface area contributed by atoms with Gasteiger partial charge in [-0.25, -0.2) is 4.90 Å². The fraction of sp³-hybridized carbons (Fsp3) is 0.154. The van der Waals surface area contributed by atoms with E-state index in [1.165, 1.54) is 10.5 Å². The van der Waals surface area contributed by atoms with Gasteiger partial charge in [-0.1, -0.05) is 61.0 Å². The van der Waals surface area contributed by atoms with Gasteiger partial charge in [0.1, 0.15) is 5.70 Å². The molecule has 0 saturated heterocycles. The number of amides is 2. The zero-order chi connectivity index (χ0) is 21.3. The van der Waals surface area contributed by atoms with Crippen LogP contribution in [0.4, 0.5) is 11.4 Å². The topological polar surface area (TPSA) is 49.4 Å². The van der Waals surface area contributed by atoms with Gasteiger partial charge in [0.05, 0.1) is 11.3 Å². The van der Waals surface area contributed by atoms with Gasteiger partial charge in [-0.15, -0.1) is 0 Å². The Labute approximate surface area is 176 Å². The molecular formula is C26H24N2O2. The van der Waals surface area contributed by atoms with E-state index in [1.807, 2.05) is 74.5 Å². The lowest BCUT2D eigenvalue weighted by molar-refractivity contribution is -0.120. The number of nitrogens with zero attached hydrogens (tertiary/aromatic N) is 1. The summed E-state index contributed by atoms with van der Waals surface area (Å²) < 4.78 is 0. The van der Waals surface area contributed by atoms with Crippen LogP contribution in [0.2, 0.25) is 0 Å². The van der Waals surface area contributed by atoms with Crippen LogP contribution in [0.3, 0.4) is 0 Å².